The van der Waals surface area contributed by atoms with E-state index in [9.17, 15) is 20.4 Å². The van der Waals surface area contributed by atoms with E-state index < -0.39 is 23.9 Å². The summed E-state index contributed by atoms with van der Waals surface area (Å²) >= 11 is 0. The van der Waals surface area contributed by atoms with Gasteiger partial charge < -0.3 is 20.4 Å². The highest BCUT2D eigenvalue weighted by Crippen LogP contribution is 2.58. The molecule has 0 aromatic heterocycles. The first kappa shape index (κ1) is 23.7. The molecule has 1 saturated carbocycles. The average molecular weight is 419 g/mol. The zero-order valence-electron chi connectivity index (χ0n) is 19.2. The third-order valence-electron chi connectivity index (χ3n) is 8.07. The largest absolute Gasteiger partial charge is 0.390 e. The molecule has 1 fully saturated rings. The Hall–Kier alpha value is -0.940. The van der Waals surface area contributed by atoms with Crippen LogP contribution in [0.2, 0.25) is 0 Å². The van der Waals surface area contributed by atoms with E-state index in [1.165, 1.54) is 31.3 Å². The first-order chi connectivity index (χ1) is 14.0. The summed E-state index contributed by atoms with van der Waals surface area (Å²) in [6.07, 6.45) is 13.6. The molecule has 0 aromatic rings. The maximum Gasteiger partial charge on any atom is 0.110 e. The monoisotopic (exact) mass is 418 g/mol. The van der Waals surface area contributed by atoms with Gasteiger partial charge in [-0.2, -0.15) is 0 Å². The van der Waals surface area contributed by atoms with Gasteiger partial charge in [-0.3, -0.25) is 0 Å². The maximum absolute atomic E-state index is 10.0. The number of fused-ring (bicyclic) bond motifs is 1. The van der Waals surface area contributed by atoms with Gasteiger partial charge in [0.25, 0.3) is 0 Å². The van der Waals surface area contributed by atoms with E-state index in [-0.39, 0.29) is 0 Å². The second-order valence-electron chi connectivity index (χ2n) is 11.0. The SMILES string of the molecule is C[C@H](CCCC(C)(C)O)[C@H]1CC[C@H]2C(/C=C\C3=C[C@@H](O)[C@H](O)[C@H](O)C3)=CCC[C@]12C. The summed E-state index contributed by atoms with van der Waals surface area (Å²) in [5.41, 5.74) is 2.03. The quantitative estimate of drug-likeness (QED) is 0.497. The first-order valence-corrected chi connectivity index (χ1v) is 11.9. The van der Waals surface area contributed by atoms with Gasteiger partial charge in [-0.05, 0) is 80.3 Å². The van der Waals surface area contributed by atoms with Crippen molar-refractivity contribution >= 4 is 0 Å². The molecule has 3 rings (SSSR count). The van der Waals surface area contributed by atoms with Gasteiger partial charge in [-0.25, -0.2) is 0 Å². The van der Waals surface area contributed by atoms with Crippen LogP contribution >= 0.6 is 0 Å². The Kier molecular flexibility index (Phi) is 7.33. The third-order valence-corrected chi connectivity index (χ3v) is 8.07. The van der Waals surface area contributed by atoms with E-state index in [0.717, 1.165) is 24.8 Å². The molecule has 0 heterocycles. The standard InChI is InChI=1S/C26H42O4/c1-17(7-5-13-25(2,3)30)20-11-12-21-19(8-6-14-26(20,21)4)10-9-18-15-22(27)24(29)23(28)16-18/h8-10,15,17,20-24,27-30H,5-7,11-14,16H2,1-4H3/b10-9-/t17-,20-,21+,22-,23-,24+,26-/m1/s1. The Balaban J connectivity index is 1.65. The number of allylic oxidation sites excluding steroid dienone is 4. The number of rotatable bonds is 7. The minimum absolute atomic E-state index is 0.318. The Morgan fingerprint density at radius 2 is 1.93 bits per heavy atom. The van der Waals surface area contributed by atoms with Crippen LogP contribution in [-0.2, 0) is 0 Å². The van der Waals surface area contributed by atoms with Crippen molar-refractivity contribution in [3.8, 4) is 0 Å². The van der Waals surface area contributed by atoms with Crippen LogP contribution in [0.5, 0.6) is 0 Å². The molecule has 0 saturated heterocycles. The van der Waals surface area contributed by atoms with Gasteiger partial charge in [0.1, 0.15) is 12.2 Å². The van der Waals surface area contributed by atoms with Crippen molar-refractivity contribution in [2.45, 2.75) is 103 Å². The lowest BCUT2D eigenvalue weighted by atomic mass is 9.62. The van der Waals surface area contributed by atoms with Gasteiger partial charge in [0.05, 0.1) is 11.7 Å². The van der Waals surface area contributed by atoms with E-state index in [0.29, 0.717) is 29.6 Å². The molecule has 0 aromatic carbocycles. The van der Waals surface area contributed by atoms with Crippen LogP contribution in [0.15, 0.2) is 35.5 Å². The fourth-order valence-electron chi connectivity index (χ4n) is 6.34. The lowest BCUT2D eigenvalue weighted by Crippen LogP contribution is -2.39. The van der Waals surface area contributed by atoms with E-state index in [4.69, 9.17) is 0 Å². The first-order valence-electron chi connectivity index (χ1n) is 11.9. The smallest absolute Gasteiger partial charge is 0.110 e. The third kappa shape index (κ3) is 5.27. The van der Waals surface area contributed by atoms with Crippen molar-refractivity contribution in [2.75, 3.05) is 0 Å². The van der Waals surface area contributed by atoms with Gasteiger partial charge in [-0.15, -0.1) is 0 Å². The molecular weight excluding hydrogens is 376 g/mol. The van der Waals surface area contributed by atoms with Gasteiger partial charge >= 0.3 is 0 Å². The minimum Gasteiger partial charge on any atom is -0.390 e. The van der Waals surface area contributed by atoms with Crippen LogP contribution in [0.1, 0.15) is 79.1 Å². The second kappa shape index (κ2) is 9.28. The van der Waals surface area contributed by atoms with Crippen LogP contribution < -0.4 is 0 Å². The molecule has 4 heteroatoms. The lowest BCUT2D eigenvalue weighted by Gasteiger charge is -2.43. The normalized spacial score (nSPS) is 38.3. The summed E-state index contributed by atoms with van der Waals surface area (Å²) in [5, 5.41) is 39.6. The van der Waals surface area contributed by atoms with E-state index in [1.807, 2.05) is 19.9 Å². The highest BCUT2D eigenvalue weighted by Gasteiger charge is 2.49. The molecule has 170 valence electrons. The molecule has 3 aliphatic carbocycles. The topological polar surface area (TPSA) is 80.9 Å². The predicted octanol–water partition coefficient (Wildman–Crippen LogP) is 4.29. The molecule has 7 atom stereocenters. The maximum atomic E-state index is 10.0. The number of hydrogen-bond donors (Lipinski definition) is 4. The average Bonchev–Trinajstić information content (AvgIpc) is 3.00. The van der Waals surface area contributed by atoms with Crippen LogP contribution in [0.25, 0.3) is 0 Å². The highest BCUT2D eigenvalue weighted by molar-refractivity contribution is 5.35. The number of hydrogen-bond acceptors (Lipinski definition) is 4. The van der Waals surface area contributed by atoms with Crippen molar-refractivity contribution in [3.05, 3.63) is 35.5 Å². The van der Waals surface area contributed by atoms with Crippen molar-refractivity contribution in [1.82, 2.24) is 0 Å². The fraction of sp³-hybridized carbons (Fsp3) is 0.769. The molecule has 4 N–H and O–H groups in total. The van der Waals surface area contributed by atoms with E-state index >= 15 is 0 Å². The summed E-state index contributed by atoms with van der Waals surface area (Å²) in [4.78, 5) is 0. The summed E-state index contributed by atoms with van der Waals surface area (Å²) < 4.78 is 0. The predicted molar refractivity (Wildman–Crippen MR) is 121 cm³/mol. The molecule has 0 unspecified atom stereocenters. The molecule has 0 spiro atoms. The molecule has 30 heavy (non-hydrogen) atoms. The van der Waals surface area contributed by atoms with Crippen molar-refractivity contribution in [2.24, 2.45) is 23.2 Å². The van der Waals surface area contributed by atoms with Crippen LogP contribution in [0.3, 0.4) is 0 Å². The number of aliphatic hydroxyl groups is 4. The second-order valence-corrected chi connectivity index (χ2v) is 11.0. The number of aliphatic hydroxyl groups excluding tert-OH is 3. The minimum atomic E-state index is -1.09. The van der Waals surface area contributed by atoms with Crippen LogP contribution in [-0.4, -0.2) is 44.3 Å². The molecule has 3 aliphatic rings. The van der Waals surface area contributed by atoms with E-state index in [2.05, 4.69) is 26.0 Å². The molecular formula is C26H42O4. The highest BCUT2D eigenvalue weighted by atomic mass is 16.4. The molecule has 0 amide bonds. The molecule has 0 radical (unpaired) electrons. The summed E-state index contributed by atoms with van der Waals surface area (Å²) in [6, 6.07) is 0. The Morgan fingerprint density at radius 3 is 2.60 bits per heavy atom. The summed E-state index contributed by atoms with van der Waals surface area (Å²) in [6.45, 7) is 8.68. The van der Waals surface area contributed by atoms with Crippen LogP contribution in [0, 0.1) is 23.2 Å². The zero-order valence-corrected chi connectivity index (χ0v) is 19.2. The van der Waals surface area contributed by atoms with Gasteiger partial charge in [-0.1, -0.05) is 51.0 Å². The summed E-state index contributed by atoms with van der Waals surface area (Å²) in [7, 11) is 0. The van der Waals surface area contributed by atoms with Gasteiger partial charge in [0.2, 0.25) is 0 Å². The van der Waals surface area contributed by atoms with Gasteiger partial charge in [0, 0.05) is 6.42 Å². The van der Waals surface area contributed by atoms with E-state index in [1.54, 1.807) is 6.08 Å². The zero-order chi connectivity index (χ0) is 22.1. The Labute approximate surface area is 182 Å². The Morgan fingerprint density at radius 1 is 1.20 bits per heavy atom. The molecule has 0 bridgehead atoms. The lowest BCUT2D eigenvalue weighted by molar-refractivity contribution is -0.0468. The molecule has 0 aliphatic heterocycles. The van der Waals surface area contributed by atoms with Crippen molar-refractivity contribution < 1.29 is 20.4 Å². The summed E-state index contributed by atoms with van der Waals surface area (Å²) in [5.74, 6) is 1.95. The van der Waals surface area contributed by atoms with Crippen LogP contribution in [0.4, 0.5) is 0 Å². The van der Waals surface area contributed by atoms with Crippen molar-refractivity contribution in [3.63, 3.8) is 0 Å². The Bertz CT molecular complexity index is 686. The van der Waals surface area contributed by atoms with Gasteiger partial charge in [0.15, 0.2) is 0 Å². The fourth-order valence-corrected chi connectivity index (χ4v) is 6.34. The van der Waals surface area contributed by atoms with Crippen molar-refractivity contribution in [1.29, 1.82) is 0 Å². The molecule has 4 nitrogen and oxygen atoms in total.